The first-order valence-electron chi connectivity index (χ1n) is 6.16. The van der Waals surface area contributed by atoms with Crippen molar-refractivity contribution in [3.63, 3.8) is 0 Å². The molecular weight excluding hydrogens is 170 g/mol. The lowest BCUT2D eigenvalue weighted by Crippen LogP contribution is -2.27. The van der Waals surface area contributed by atoms with Gasteiger partial charge in [-0.2, -0.15) is 5.26 Å². The summed E-state index contributed by atoms with van der Waals surface area (Å²) in [6.45, 7) is 4.47. The highest BCUT2D eigenvalue weighted by Gasteiger charge is 2.34. The van der Waals surface area contributed by atoms with Gasteiger partial charge in [-0.25, -0.2) is 0 Å². The number of rotatable bonds is 2. The molecule has 0 radical (unpaired) electrons. The Morgan fingerprint density at radius 1 is 1.14 bits per heavy atom. The van der Waals surface area contributed by atoms with E-state index in [4.69, 9.17) is 0 Å². The van der Waals surface area contributed by atoms with Gasteiger partial charge in [0.1, 0.15) is 0 Å². The molecule has 80 valence electrons. The monoisotopic (exact) mass is 193 g/mol. The van der Waals surface area contributed by atoms with E-state index >= 15 is 0 Å². The molecule has 0 aromatic heterocycles. The normalized spacial score (nSPS) is 24.4. The van der Waals surface area contributed by atoms with Gasteiger partial charge in [0.25, 0.3) is 0 Å². The number of nitrogens with zero attached hydrogens (tertiary/aromatic N) is 1. The van der Waals surface area contributed by atoms with Crippen molar-refractivity contribution in [1.82, 2.24) is 0 Å². The molecule has 0 aliphatic heterocycles. The van der Waals surface area contributed by atoms with Crippen LogP contribution in [0.2, 0.25) is 0 Å². The quantitative estimate of drug-likeness (QED) is 0.642. The zero-order valence-corrected chi connectivity index (χ0v) is 9.68. The first-order valence-corrected chi connectivity index (χ1v) is 6.16. The summed E-state index contributed by atoms with van der Waals surface area (Å²) >= 11 is 0. The fourth-order valence-corrected chi connectivity index (χ4v) is 2.64. The molecule has 1 saturated carbocycles. The minimum Gasteiger partial charge on any atom is -0.198 e. The molecule has 1 aliphatic rings. The van der Waals surface area contributed by atoms with Gasteiger partial charge in [-0.1, -0.05) is 52.4 Å². The molecule has 0 aromatic carbocycles. The molecule has 1 fully saturated rings. The number of hydrogen-bond donors (Lipinski definition) is 0. The second kappa shape index (κ2) is 5.39. The number of nitriles is 1. The zero-order chi connectivity index (χ0) is 10.4. The van der Waals surface area contributed by atoms with E-state index in [0.29, 0.717) is 5.92 Å². The third-order valence-corrected chi connectivity index (χ3v) is 4.02. The molecule has 0 aromatic rings. The Labute approximate surface area is 88.5 Å². The van der Waals surface area contributed by atoms with Gasteiger partial charge in [-0.3, -0.25) is 0 Å². The molecule has 0 amide bonds. The summed E-state index contributed by atoms with van der Waals surface area (Å²) in [7, 11) is 0. The van der Waals surface area contributed by atoms with Gasteiger partial charge in [0.15, 0.2) is 0 Å². The van der Waals surface area contributed by atoms with E-state index in [1.54, 1.807) is 0 Å². The largest absolute Gasteiger partial charge is 0.198 e. The van der Waals surface area contributed by atoms with Gasteiger partial charge >= 0.3 is 0 Å². The first-order chi connectivity index (χ1) is 6.75. The molecule has 0 N–H and O–H groups in total. The fourth-order valence-electron chi connectivity index (χ4n) is 2.64. The minimum atomic E-state index is 0.00910. The Balaban J connectivity index is 2.68. The highest BCUT2D eigenvalue weighted by Crippen LogP contribution is 2.41. The molecule has 0 heterocycles. The zero-order valence-electron chi connectivity index (χ0n) is 9.68. The highest BCUT2D eigenvalue weighted by molar-refractivity contribution is 5.01. The van der Waals surface area contributed by atoms with Crippen molar-refractivity contribution >= 4 is 0 Å². The topological polar surface area (TPSA) is 23.8 Å². The molecule has 14 heavy (non-hydrogen) atoms. The van der Waals surface area contributed by atoms with Crippen molar-refractivity contribution in [3.05, 3.63) is 0 Å². The fraction of sp³-hybridized carbons (Fsp3) is 0.923. The lowest BCUT2D eigenvalue weighted by atomic mass is 9.68. The van der Waals surface area contributed by atoms with Gasteiger partial charge in [-0.05, 0) is 18.8 Å². The van der Waals surface area contributed by atoms with Crippen LogP contribution < -0.4 is 0 Å². The first kappa shape index (κ1) is 11.6. The van der Waals surface area contributed by atoms with Gasteiger partial charge in [0, 0.05) is 0 Å². The third kappa shape index (κ3) is 2.50. The van der Waals surface area contributed by atoms with Gasteiger partial charge in [0.05, 0.1) is 11.5 Å². The average molecular weight is 193 g/mol. The van der Waals surface area contributed by atoms with Crippen LogP contribution in [0.1, 0.15) is 65.2 Å². The lowest BCUT2D eigenvalue weighted by molar-refractivity contribution is 0.190. The van der Waals surface area contributed by atoms with Crippen LogP contribution in [-0.2, 0) is 0 Å². The maximum atomic E-state index is 9.41. The van der Waals surface area contributed by atoms with Gasteiger partial charge in [-0.15, -0.1) is 0 Å². The van der Waals surface area contributed by atoms with Crippen LogP contribution in [0.25, 0.3) is 0 Å². The van der Waals surface area contributed by atoms with Gasteiger partial charge < -0.3 is 0 Å². The minimum absolute atomic E-state index is 0.00910. The van der Waals surface area contributed by atoms with Crippen LogP contribution in [0.5, 0.6) is 0 Å². The Hall–Kier alpha value is -0.510. The van der Waals surface area contributed by atoms with Crippen molar-refractivity contribution < 1.29 is 0 Å². The highest BCUT2D eigenvalue weighted by atomic mass is 14.4. The molecule has 1 unspecified atom stereocenters. The molecule has 1 atom stereocenters. The molecule has 1 nitrogen and oxygen atoms in total. The van der Waals surface area contributed by atoms with Crippen molar-refractivity contribution in [1.29, 1.82) is 5.26 Å². The summed E-state index contributed by atoms with van der Waals surface area (Å²) in [5, 5.41) is 9.41. The van der Waals surface area contributed by atoms with Crippen LogP contribution in [0.15, 0.2) is 0 Å². The van der Waals surface area contributed by atoms with E-state index in [2.05, 4.69) is 19.9 Å². The second-order valence-electron chi connectivity index (χ2n) is 4.85. The predicted octanol–water partition coefficient (Wildman–Crippen LogP) is 4.29. The molecule has 0 saturated heterocycles. The van der Waals surface area contributed by atoms with E-state index < -0.39 is 0 Å². The van der Waals surface area contributed by atoms with E-state index in [-0.39, 0.29) is 5.41 Å². The smallest absolute Gasteiger partial charge is 0.0692 e. The Morgan fingerprint density at radius 3 is 2.07 bits per heavy atom. The summed E-state index contributed by atoms with van der Waals surface area (Å²) in [6.07, 6.45) is 9.99. The second-order valence-corrected chi connectivity index (χ2v) is 4.85. The summed E-state index contributed by atoms with van der Waals surface area (Å²) in [5.41, 5.74) is 0.00910. The maximum Gasteiger partial charge on any atom is 0.0692 e. The Bertz CT molecular complexity index is 194. The van der Waals surface area contributed by atoms with Crippen LogP contribution in [0, 0.1) is 22.7 Å². The van der Waals surface area contributed by atoms with Gasteiger partial charge in [0.2, 0.25) is 0 Å². The van der Waals surface area contributed by atoms with Crippen molar-refractivity contribution in [2.45, 2.75) is 65.2 Å². The summed E-state index contributed by atoms with van der Waals surface area (Å²) in [5.74, 6) is 0.575. The maximum absolute atomic E-state index is 9.41. The summed E-state index contributed by atoms with van der Waals surface area (Å²) in [4.78, 5) is 0. The summed E-state index contributed by atoms with van der Waals surface area (Å²) < 4.78 is 0. The van der Waals surface area contributed by atoms with E-state index in [1.807, 2.05) is 0 Å². The molecule has 1 aliphatic carbocycles. The Kier molecular flexibility index (Phi) is 4.45. The van der Waals surface area contributed by atoms with Crippen LogP contribution in [-0.4, -0.2) is 0 Å². The standard InChI is InChI=1S/C13H23N/c1-3-12(2)13(11-14)9-7-5-4-6-8-10-13/h12H,3-10H2,1-2H3. The van der Waals surface area contributed by atoms with E-state index in [9.17, 15) is 5.26 Å². The average Bonchev–Trinajstić information content (AvgIpc) is 2.18. The lowest BCUT2D eigenvalue weighted by Gasteiger charge is -2.34. The van der Waals surface area contributed by atoms with Crippen molar-refractivity contribution in [3.8, 4) is 6.07 Å². The van der Waals surface area contributed by atoms with Crippen molar-refractivity contribution in [2.75, 3.05) is 0 Å². The van der Waals surface area contributed by atoms with E-state index in [1.165, 1.54) is 32.1 Å². The molecular formula is C13H23N. The summed E-state index contributed by atoms with van der Waals surface area (Å²) in [6, 6.07) is 2.64. The number of hydrogen-bond acceptors (Lipinski definition) is 1. The van der Waals surface area contributed by atoms with Crippen LogP contribution in [0.3, 0.4) is 0 Å². The van der Waals surface area contributed by atoms with E-state index in [0.717, 1.165) is 19.3 Å². The van der Waals surface area contributed by atoms with Crippen LogP contribution >= 0.6 is 0 Å². The predicted molar refractivity (Wildman–Crippen MR) is 59.8 cm³/mol. The molecule has 0 bridgehead atoms. The Morgan fingerprint density at radius 2 is 1.64 bits per heavy atom. The SMILES string of the molecule is CCC(C)C1(C#N)CCCCCCC1. The molecule has 0 spiro atoms. The molecule has 1 heteroatoms. The van der Waals surface area contributed by atoms with Crippen LogP contribution in [0.4, 0.5) is 0 Å². The third-order valence-electron chi connectivity index (χ3n) is 4.02. The molecule has 1 rings (SSSR count). The van der Waals surface area contributed by atoms with Crippen molar-refractivity contribution in [2.24, 2.45) is 11.3 Å².